The molecule has 0 aromatic carbocycles. The van der Waals surface area contributed by atoms with Gasteiger partial charge in [0.2, 0.25) is 5.91 Å². The second-order valence-electron chi connectivity index (χ2n) is 5.33. The molecule has 5 nitrogen and oxygen atoms in total. The summed E-state index contributed by atoms with van der Waals surface area (Å²) in [4.78, 5) is 14.3. The van der Waals surface area contributed by atoms with E-state index in [2.05, 4.69) is 10.2 Å². The van der Waals surface area contributed by atoms with Crippen LogP contribution in [0.3, 0.4) is 0 Å². The maximum atomic E-state index is 12.0. The molecule has 1 rings (SSSR count). The summed E-state index contributed by atoms with van der Waals surface area (Å²) in [5.74, 6) is 0.628. The molecule has 1 amide bonds. The summed E-state index contributed by atoms with van der Waals surface area (Å²) < 4.78 is 4.96. The monoisotopic (exact) mass is 272 g/mol. The van der Waals surface area contributed by atoms with Crippen LogP contribution >= 0.6 is 0 Å². The number of piperidine rings is 1. The minimum absolute atomic E-state index is 0.0796. The molecule has 0 aliphatic carbocycles. The third-order valence-corrected chi connectivity index (χ3v) is 3.84. The van der Waals surface area contributed by atoms with Crippen molar-refractivity contribution in [1.29, 1.82) is 0 Å². The molecule has 19 heavy (non-hydrogen) atoms. The van der Waals surface area contributed by atoms with Gasteiger partial charge in [-0.15, -0.1) is 0 Å². The molecule has 1 aliphatic rings. The van der Waals surface area contributed by atoms with Gasteiger partial charge in [-0.05, 0) is 45.1 Å². The Morgan fingerprint density at radius 2 is 2.37 bits per heavy atom. The van der Waals surface area contributed by atoms with E-state index in [9.17, 15) is 4.79 Å². The summed E-state index contributed by atoms with van der Waals surface area (Å²) >= 11 is 0. The number of carbonyl (C=O) groups is 1. The molecule has 0 spiro atoms. The van der Waals surface area contributed by atoms with Crippen molar-refractivity contribution in [3.8, 4) is 0 Å². The van der Waals surface area contributed by atoms with Gasteiger partial charge in [-0.3, -0.25) is 9.69 Å². The molecule has 0 radical (unpaired) electrons. The molecule has 112 valence electrons. The SMILES string of the molecule is COCCCNC(=O)C(C)N1CCCC(CCO)C1. The molecular formula is C14H28N2O3. The van der Waals surface area contributed by atoms with E-state index in [-0.39, 0.29) is 18.6 Å². The predicted octanol–water partition coefficient (Wildman–Crippen LogP) is 0.622. The van der Waals surface area contributed by atoms with Crippen LogP contribution in [0.5, 0.6) is 0 Å². The molecule has 2 atom stereocenters. The van der Waals surface area contributed by atoms with Gasteiger partial charge in [-0.2, -0.15) is 0 Å². The first kappa shape index (κ1) is 16.4. The van der Waals surface area contributed by atoms with E-state index in [1.165, 1.54) is 6.42 Å². The highest BCUT2D eigenvalue weighted by Crippen LogP contribution is 2.20. The molecule has 0 bridgehead atoms. The number of methoxy groups -OCH3 is 1. The van der Waals surface area contributed by atoms with E-state index >= 15 is 0 Å². The fraction of sp³-hybridized carbons (Fsp3) is 0.929. The van der Waals surface area contributed by atoms with Crippen LogP contribution in [0.15, 0.2) is 0 Å². The number of likely N-dealkylation sites (tertiary alicyclic amines) is 1. The summed E-state index contributed by atoms with van der Waals surface area (Å²) in [6.45, 7) is 5.47. The molecule has 0 aromatic heterocycles. The van der Waals surface area contributed by atoms with Crippen LogP contribution in [-0.4, -0.2) is 61.9 Å². The van der Waals surface area contributed by atoms with Gasteiger partial charge in [0, 0.05) is 33.4 Å². The lowest BCUT2D eigenvalue weighted by molar-refractivity contribution is -0.126. The van der Waals surface area contributed by atoms with Crippen molar-refractivity contribution in [3.63, 3.8) is 0 Å². The standard InChI is InChI=1S/C14H28N2O3/c1-12(14(18)15-7-4-10-19-2)16-8-3-5-13(11-16)6-9-17/h12-13,17H,3-11H2,1-2H3,(H,15,18). The Balaban J connectivity index is 2.30. The van der Waals surface area contributed by atoms with Gasteiger partial charge < -0.3 is 15.2 Å². The van der Waals surface area contributed by atoms with Crippen LogP contribution in [0.1, 0.15) is 32.6 Å². The van der Waals surface area contributed by atoms with E-state index in [0.717, 1.165) is 32.4 Å². The van der Waals surface area contributed by atoms with Crippen LogP contribution < -0.4 is 5.32 Å². The van der Waals surface area contributed by atoms with Crippen molar-refractivity contribution in [3.05, 3.63) is 0 Å². The van der Waals surface area contributed by atoms with E-state index in [4.69, 9.17) is 9.84 Å². The minimum atomic E-state index is -0.0796. The van der Waals surface area contributed by atoms with Gasteiger partial charge in [0.1, 0.15) is 0 Å². The van der Waals surface area contributed by atoms with Crippen molar-refractivity contribution in [1.82, 2.24) is 10.2 Å². The number of carbonyl (C=O) groups excluding carboxylic acids is 1. The number of ether oxygens (including phenoxy) is 1. The summed E-state index contributed by atoms with van der Waals surface area (Å²) in [5, 5.41) is 12.0. The number of aliphatic hydroxyl groups excluding tert-OH is 1. The maximum absolute atomic E-state index is 12.0. The van der Waals surface area contributed by atoms with Crippen molar-refractivity contribution < 1.29 is 14.6 Å². The molecule has 2 N–H and O–H groups in total. The van der Waals surface area contributed by atoms with Gasteiger partial charge in [0.05, 0.1) is 6.04 Å². The maximum Gasteiger partial charge on any atom is 0.237 e. The van der Waals surface area contributed by atoms with Gasteiger partial charge in [-0.25, -0.2) is 0 Å². The summed E-state index contributed by atoms with van der Waals surface area (Å²) in [6.07, 6.45) is 3.98. The number of aliphatic hydroxyl groups is 1. The zero-order valence-corrected chi connectivity index (χ0v) is 12.2. The number of rotatable bonds is 8. The highest BCUT2D eigenvalue weighted by Gasteiger charge is 2.26. The third kappa shape index (κ3) is 5.89. The number of hydrogen-bond donors (Lipinski definition) is 2. The van der Waals surface area contributed by atoms with Crippen molar-refractivity contribution in [2.75, 3.05) is 40.0 Å². The van der Waals surface area contributed by atoms with Crippen LogP contribution in [0.4, 0.5) is 0 Å². The first-order valence-electron chi connectivity index (χ1n) is 7.30. The Morgan fingerprint density at radius 3 is 3.05 bits per heavy atom. The Hall–Kier alpha value is -0.650. The summed E-state index contributed by atoms with van der Waals surface area (Å²) in [6, 6.07) is -0.0796. The second kappa shape index (κ2) is 9.28. The van der Waals surface area contributed by atoms with Crippen molar-refractivity contribution >= 4 is 5.91 Å². The lowest BCUT2D eigenvalue weighted by Crippen LogP contribution is -2.49. The smallest absolute Gasteiger partial charge is 0.237 e. The van der Waals surface area contributed by atoms with Gasteiger partial charge in [0.15, 0.2) is 0 Å². The molecule has 5 heteroatoms. The third-order valence-electron chi connectivity index (χ3n) is 3.84. The van der Waals surface area contributed by atoms with E-state index in [0.29, 0.717) is 19.1 Å². The predicted molar refractivity (Wildman–Crippen MR) is 75.0 cm³/mol. The molecule has 1 saturated heterocycles. The average Bonchev–Trinajstić information content (AvgIpc) is 2.43. The molecule has 1 heterocycles. The van der Waals surface area contributed by atoms with Crippen LogP contribution in [0.25, 0.3) is 0 Å². The van der Waals surface area contributed by atoms with E-state index < -0.39 is 0 Å². The molecule has 0 saturated carbocycles. The Labute approximate surface area is 116 Å². The normalized spacial score (nSPS) is 22.2. The fourth-order valence-electron chi connectivity index (χ4n) is 2.61. The molecule has 1 aliphatic heterocycles. The van der Waals surface area contributed by atoms with Crippen LogP contribution in [0, 0.1) is 5.92 Å². The number of nitrogens with zero attached hydrogens (tertiary/aromatic N) is 1. The first-order chi connectivity index (χ1) is 9.19. The number of amides is 1. The Morgan fingerprint density at radius 1 is 1.58 bits per heavy atom. The average molecular weight is 272 g/mol. The van der Waals surface area contributed by atoms with Gasteiger partial charge in [-0.1, -0.05) is 0 Å². The van der Waals surface area contributed by atoms with Crippen LogP contribution in [-0.2, 0) is 9.53 Å². The van der Waals surface area contributed by atoms with Gasteiger partial charge in [0.25, 0.3) is 0 Å². The number of hydrogen-bond acceptors (Lipinski definition) is 4. The van der Waals surface area contributed by atoms with Crippen LogP contribution in [0.2, 0.25) is 0 Å². The summed E-state index contributed by atoms with van der Waals surface area (Å²) in [7, 11) is 1.67. The highest BCUT2D eigenvalue weighted by atomic mass is 16.5. The molecular weight excluding hydrogens is 244 g/mol. The molecule has 1 fully saturated rings. The fourth-order valence-corrected chi connectivity index (χ4v) is 2.61. The zero-order chi connectivity index (χ0) is 14.1. The van der Waals surface area contributed by atoms with Gasteiger partial charge >= 0.3 is 0 Å². The lowest BCUT2D eigenvalue weighted by atomic mass is 9.94. The number of nitrogens with one attached hydrogen (secondary N) is 1. The zero-order valence-electron chi connectivity index (χ0n) is 12.2. The summed E-state index contributed by atoms with van der Waals surface area (Å²) in [5.41, 5.74) is 0. The quantitative estimate of drug-likeness (QED) is 0.636. The Kier molecular flexibility index (Phi) is 8.02. The lowest BCUT2D eigenvalue weighted by Gasteiger charge is -2.36. The van der Waals surface area contributed by atoms with E-state index in [1.807, 2.05) is 6.92 Å². The molecule has 2 unspecified atom stereocenters. The largest absolute Gasteiger partial charge is 0.396 e. The minimum Gasteiger partial charge on any atom is -0.396 e. The first-order valence-corrected chi connectivity index (χ1v) is 7.30. The molecule has 0 aromatic rings. The van der Waals surface area contributed by atoms with Crippen molar-refractivity contribution in [2.45, 2.75) is 38.6 Å². The second-order valence-corrected chi connectivity index (χ2v) is 5.33. The van der Waals surface area contributed by atoms with E-state index in [1.54, 1.807) is 7.11 Å². The van der Waals surface area contributed by atoms with Crippen molar-refractivity contribution in [2.24, 2.45) is 5.92 Å². The topological polar surface area (TPSA) is 61.8 Å². The Bertz CT molecular complexity index is 259. The highest BCUT2D eigenvalue weighted by molar-refractivity contribution is 5.81.